The Morgan fingerprint density at radius 1 is 0.963 bits per heavy atom. The van der Waals surface area contributed by atoms with Gasteiger partial charge in [-0.15, -0.1) is 22.7 Å². The average Bonchev–Trinajstić information content (AvgIpc) is 3.36. The highest BCUT2D eigenvalue weighted by molar-refractivity contribution is 7.12. The largest absolute Gasteiger partial charge is 0.325 e. The molecule has 27 heavy (non-hydrogen) atoms. The van der Waals surface area contributed by atoms with Gasteiger partial charge in [0.15, 0.2) is 0 Å². The summed E-state index contributed by atoms with van der Waals surface area (Å²) in [5.74, 6) is -0.206. The van der Waals surface area contributed by atoms with Gasteiger partial charge in [-0.3, -0.25) is 14.5 Å². The molecule has 0 radical (unpaired) electrons. The van der Waals surface area contributed by atoms with Crippen molar-refractivity contribution in [3.05, 3.63) is 69.0 Å². The SMILES string of the molecule is CC(c1cccs1)N(C)CC(=O)Nc1ccc(NC(=O)c2cccs2)cc1. The van der Waals surface area contributed by atoms with Crippen LogP contribution in [0.4, 0.5) is 11.4 Å². The van der Waals surface area contributed by atoms with Crippen LogP contribution in [0.5, 0.6) is 0 Å². The fraction of sp³-hybridized carbons (Fsp3) is 0.200. The zero-order valence-electron chi connectivity index (χ0n) is 15.1. The molecule has 3 rings (SSSR count). The van der Waals surface area contributed by atoms with Crippen LogP contribution in [-0.2, 0) is 4.79 Å². The van der Waals surface area contributed by atoms with E-state index in [1.165, 1.54) is 16.2 Å². The van der Waals surface area contributed by atoms with Crippen LogP contribution in [0.3, 0.4) is 0 Å². The molecule has 2 aromatic heterocycles. The third kappa shape index (κ3) is 5.26. The summed E-state index contributed by atoms with van der Waals surface area (Å²) in [4.78, 5) is 28.2. The van der Waals surface area contributed by atoms with Gasteiger partial charge in [0.25, 0.3) is 5.91 Å². The number of hydrogen-bond donors (Lipinski definition) is 2. The topological polar surface area (TPSA) is 61.4 Å². The standard InChI is InChI=1S/C20H21N3O2S2/c1-14(17-5-3-11-26-17)23(2)13-19(24)21-15-7-9-16(10-8-15)22-20(25)18-6-4-12-27-18/h3-12,14H,13H2,1-2H3,(H,21,24)(H,22,25). The number of nitrogens with zero attached hydrogens (tertiary/aromatic N) is 1. The molecule has 0 spiro atoms. The molecular formula is C20H21N3O2S2. The number of anilines is 2. The first-order chi connectivity index (χ1) is 13.0. The second-order valence-corrected chi connectivity index (χ2v) is 8.09. The van der Waals surface area contributed by atoms with Gasteiger partial charge in [0.1, 0.15) is 0 Å². The van der Waals surface area contributed by atoms with Crippen LogP contribution in [0.2, 0.25) is 0 Å². The monoisotopic (exact) mass is 399 g/mol. The molecule has 3 aromatic rings. The summed E-state index contributed by atoms with van der Waals surface area (Å²) >= 11 is 3.08. The van der Waals surface area contributed by atoms with E-state index in [0.29, 0.717) is 22.8 Å². The summed E-state index contributed by atoms with van der Waals surface area (Å²) in [6.07, 6.45) is 0. The van der Waals surface area contributed by atoms with Gasteiger partial charge < -0.3 is 10.6 Å². The van der Waals surface area contributed by atoms with E-state index < -0.39 is 0 Å². The molecule has 1 aromatic carbocycles. The molecule has 2 heterocycles. The molecule has 2 amide bonds. The first kappa shape index (κ1) is 19.3. The lowest BCUT2D eigenvalue weighted by atomic mass is 10.2. The van der Waals surface area contributed by atoms with Gasteiger partial charge in [-0.05, 0) is 61.1 Å². The number of amides is 2. The molecule has 7 heteroatoms. The highest BCUT2D eigenvalue weighted by atomic mass is 32.1. The predicted molar refractivity (Wildman–Crippen MR) is 113 cm³/mol. The molecule has 0 bridgehead atoms. The molecule has 140 valence electrons. The van der Waals surface area contributed by atoms with Gasteiger partial charge in [0.2, 0.25) is 5.91 Å². The lowest BCUT2D eigenvalue weighted by Gasteiger charge is -2.23. The summed E-state index contributed by atoms with van der Waals surface area (Å²) < 4.78 is 0. The third-order valence-corrected chi connectivity index (χ3v) is 6.09. The predicted octanol–water partition coefficient (Wildman–Crippen LogP) is 4.69. The second kappa shape index (κ2) is 8.94. The van der Waals surface area contributed by atoms with Crippen LogP contribution in [0.25, 0.3) is 0 Å². The van der Waals surface area contributed by atoms with Crippen LogP contribution in [0.15, 0.2) is 59.3 Å². The van der Waals surface area contributed by atoms with Crippen molar-refractivity contribution in [3.8, 4) is 0 Å². The molecule has 0 saturated carbocycles. The minimum absolute atomic E-state index is 0.0729. The third-order valence-electron chi connectivity index (χ3n) is 4.18. The lowest BCUT2D eigenvalue weighted by molar-refractivity contribution is -0.117. The van der Waals surface area contributed by atoms with Gasteiger partial charge in [-0.2, -0.15) is 0 Å². The Balaban J connectivity index is 1.51. The van der Waals surface area contributed by atoms with Crippen LogP contribution in [-0.4, -0.2) is 30.3 Å². The van der Waals surface area contributed by atoms with Crippen LogP contribution >= 0.6 is 22.7 Å². The normalized spacial score (nSPS) is 12.0. The van der Waals surface area contributed by atoms with E-state index >= 15 is 0 Å². The van der Waals surface area contributed by atoms with Crippen molar-refractivity contribution in [3.63, 3.8) is 0 Å². The zero-order valence-corrected chi connectivity index (χ0v) is 16.8. The van der Waals surface area contributed by atoms with E-state index in [9.17, 15) is 9.59 Å². The van der Waals surface area contributed by atoms with E-state index in [1.807, 2.05) is 34.8 Å². The summed E-state index contributed by atoms with van der Waals surface area (Å²) in [6.45, 7) is 2.39. The molecule has 1 unspecified atom stereocenters. The number of benzene rings is 1. The fourth-order valence-corrected chi connectivity index (χ4v) is 4.01. The molecule has 0 aliphatic heterocycles. The van der Waals surface area contributed by atoms with E-state index in [1.54, 1.807) is 41.7 Å². The molecule has 0 aliphatic rings. The second-order valence-electron chi connectivity index (χ2n) is 6.16. The maximum absolute atomic E-state index is 12.3. The molecular weight excluding hydrogens is 378 g/mol. The average molecular weight is 400 g/mol. The Bertz CT molecular complexity index is 875. The van der Waals surface area contributed by atoms with Gasteiger partial charge in [0, 0.05) is 22.3 Å². The Labute approximate surface area is 166 Å². The number of rotatable bonds is 7. The van der Waals surface area contributed by atoms with Crippen LogP contribution < -0.4 is 10.6 Å². The number of nitrogens with one attached hydrogen (secondary N) is 2. The maximum Gasteiger partial charge on any atom is 0.265 e. The van der Waals surface area contributed by atoms with E-state index in [0.717, 1.165) is 0 Å². The van der Waals surface area contributed by atoms with Gasteiger partial charge in [-0.1, -0.05) is 12.1 Å². The number of hydrogen-bond acceptors (Lipinski definition) is 5. The Kier molecular flexibility index (Phi) is 6.39. The smallest absolute Gasteiger partial charge is 0.265 e. The van der Waals surface area contributed by atoms with Crippen molar-refractivity contribution >= 4 is 45.9 Å². The highest BCUT2D eigenvalue weighted by Gasteiger charge is 2.15. The van der Waals surface area contributed by atoms with Crippen LogP contribution in [0, 0.1) is 0 Å². The van der Waals surface area contributed by atoms with E-state index in [4.69, 9.17) is 0 Å². The number of carbonyl (C=O) groups is 2. The first-order valence-electron chi connectivity index (χ1n) is 8.51. The first-order valence-corrected chi connectivity index (χ1v) is 10.3. The van der Waals surface area contributed by atoms with E-state index in [-0.39, 0.29) is 17.9 Å². The molecule has 5 nitrogen and oxygen atoms in total. The van der Waals surface area contributed by atoms with Gasteiger partial charge >= 0.3 is 0 Å². The van der Waals surface area contributed by atoms with Gasteiger partial charge in [-0.25, -0.2) is 0 Å². The molecule has 2 N–H and O–H groups in total. The molecule has 0 fully saturated rings. The number of thiophene rings is 2. The van der Waals surface area contributed by atoms with Crippen LogP contribution in [0.1, 0.15) is 27.5 Å². The van der Waals surface area contributed by atoms with Crippen molar-refractivity contribution in [2.24, 2.45) is 0 Å². The quantitative estimate of drug-likeness (QED) is 0.606. The van der Waals surface area contributed by atoms with Crippen molar-refractivity contribution in [2.75, 3.05) is 24.2 Å². The zero-order chi connectivity index (χ0) is 19.2. The summed E-state index contributed by atoms with van der Waals surface area (Å²) in [5, 5.41) is 9.64. The maximum atomic E-state index is 12.3. The highest BCUT2D eigenvalue weighted by Crippen LogP contribution is 2.23. The minimum atomic E-state index is -0.133. The summed E-state index contributed by atoms with van der Waals surface area (Å²) in [5.41, 5.74) is 1.39. The Morgan fingerprint density at radius 2 is 1.59 bits per heavy atom. The summed E-state index contributed by atoms with van der Waals surface area (Å²) in [6, 6.07) is 15.0. The van der Waals surface area contributed by atoms with Crippen molar-refractivity contribution in [1.29, 1.82) is 0 Å². The van der Waals surface area contributed by atoms with Crippen molar-refractivity contribution < 1.29 is 9.59 Å². The number of carbonyl (C=O) groups excluding carboxylic acids is 2. The Hall–Kier alpha value is -2.48. The summed E-state index contributed by atoms with van der Waals surface area (Å²) in [7, 11) is 1.94. The molecule has 1 atom stereocenters. The van der Waals surface area contributed by atoms with Gasteiger partial charge in [0.05, 0.1) is 11.4 Å². The van der Waals surface area contributed by atoms with E-state index in [2.05, 4.69) is 23.6 Å². The minimum Gasteiger partial charge on any atom is -0.325 e. The van der Waals surface area contributed by atoms with Crippen molar-refractivity contribution in [2.45, 2.75) is 13.0 Å². The fourth-order valence-electron chi connectivity index (χ4n) is 2.55. The molecule has 0 saturated heterocycles. The molecule has 0 aliphatic carbocycles. The Morgan fingerprint density at radius 3 is 2.19 bits per heavy atom. The van der Waals surface area contributed by atoms with Crippen molar-refractivity contribution in [1.82, 2.24) is 4.90 Å². The number of likely N-dealkylation sites (N-methyl/N-ethyl adjacent to an activating group) is 1. The lowest BCUT2D eigenvalue weighted by Crippen LogP contribution is -2.31.